The molecule has 2 aromatic carbocycles. The van der Waals surface area contributed by atoms with Gasteiger partial charge in [-0.2, -0.15) is 0 Å². The van der Waals surface area contributed by atoms with Crippen LogP contribution in [0.2, 0.25) is 5.04 Å². The van der Waals surface area contributed by atoms with Crippen molar-refractivity contribution in [3.8, 4) is 0 Å². The van der Waals surface area contributed by atoms with E-state index in [4.69, 9.17) is 13.9 Å². The molecular weight excluding hydrogens is 601 g/mol. The van der Waals surface area contributed by atoms with Gasteiger partial charge in [0.05, 0.1) is 24.4 Å². The van der Waals surface area contributed by atoms with Crippen molar-refractivity contribution in [1.82, 2.24) is 0 Å². The zero-order valence-corrected chi connectivity index (χ0v) is 30.9. The van der Waals surface area contributed by atoms with Gasteiger partial charge in [0.15, 0.2) is 0 Å². The first-order valence-electron chi connectivity index (χ1n) is 17.6. The number of rotatable bonds is 14. The molecule has 0 saturated heterocycles. The third-order valence-electron chi connectivity index (χ3n) is 10.1. The number of hydrogen-bond acceptors (Lipinski definition) is 5. The number of cyclic esters (lactones) is 1. The molecule has 2 aromatic rings. The summed E-state index contributed by atoms with van der Waals surface area (Å²) in [6.45, 7) is 18.4. The number of ether oxygens (including phenoxy) is 2. The quantitative estimate of drug-likeness (QED) is 0.126. The van der Waals surface area contributed by atoms with Gasteiger partial charge in [-0.05, 0) is 70.3 Å². The van der Waals surface area contributed by atoms with E-state index in [-0.39, 0.29) is 16.6 Å². The summed E-state index contributed by atoms with van der Waals surface area (Å²) in [6, 6.07) is 21.4. The van der Waals surface area contributed by atoms with E-state index in [9.17, 15) is 9.90 Å². The first-order valence-corrected chi connectivity index (χ1v) is 19.5. The Kier molecular flexibility index (Phi) is 12.7. The molecule has 4 rings (SSSR count). The summed E-state index contributed by atoms with van der Waals surface area (Å²) in [5.74, 6) is 1.10. The lowest BCUT2D eigenvalue weighted by molar-refractivity contribution is -0.179. The predicted molar refractivity (Wildman–Crippen MR) is 195 cm³/mol. The molecule has 47 heavy (non-hydrogen) atoms. The number of aliphatic hydroxyl groups excluding tert-OH is 1. The van der Waals surface area contributed by atoms with Crippen LogP contribution in [-0.4, -0.2) is 44.5 Å². The molecule has 1 aliphatic heterocycles. The summed E-state index contributed by atoms with van der Waals surface area (Å²) in [5, 5.41) is 13.5. The number of esters is 1. The van der Waals surface area contributed by atoms with Crippen LogP contribution in [0.1, 0.15) is 87.5 Å². The number of allylic oxidation sites excluding steroid dienone is 3. The highest BCUT2D eigenvalue weighted by molar-refractivity contribution is 6.99. The van der Waals surface area contributed by atoms with Gasteiger partial charge < -0.3 is 19.0 Å². The Morgan fingerprint density at radius 3 is 2.15 bits per heavy atom. The van der Waals surface area contributed by atoms with Crippen molar-refractivity contribution in [2.75, 3.05) is 6.61 Å². The maximum absolute atomic E-state index is 12.7. The largest absolute Gasteiger partial charge is 0.428 e. The fraction of sp³-hybridized carbons (Fsp3) is 0.537. The van der Waals surface area contributed by atoms with Crippen LogP contribution in [0.3, 0.4) is 0 Å². The summed E-state index contributed by atoms with van der Waals surface area (Å²) in [4.78, 5) is 12.7. The molecule has 1 fully saturated rings. The van der Waals surface area contributed by atoms with Crippen LogP contribution in [0.15, 0.2) is 96.6 Å². The maximum Gasteiger partial charge on any atom is 0.339 e. The first kappa shape index (κ1) is 37.1. The second-order valence-corrected chi connectivity index (χ2v) is 20.0. The van der Waals surface area contributed by atoms with Crippen LogP contribution in [0.25, 0.3) is 0 Å². The average Bonchev–Trinajstić information content (AvgIpc) is 3.39. The number of carbonyl (C=O) groups excluding carboxylic acids is 1. The van der Waals surface area contributed by atoms with E-state index in [1.54, 1.807) is 6.08 Å². The van der Waals surface area contributed by atoms with Gasteiger partial charge in [0.1, 0.15) is 0 Å². The van der Waals surface area contributed by atoms with E-state index in [2.05, 4.69) is 134 Å². The van der Waals surface area contributed by atoms with Gasteiger partial charge in [0.2, 0.25) is 6.29 Å². The van der Waals surface area contributed by atoms with Crippen molar-refractivity contribution in [3.63, 3.8) is 0 Å². The third kappa shape index (κ3) is 9.44. The van der Waals surface area contributed by atoms with Crippen molar-refractivity contribution in [2.24, 2.45) is 23.2 Å². The zero-order valence-electron chi connectivity index (χ0n) is 29.9. The molecular formula is C41H58O5Si. The Balaban J connectivity index is 1.33. The molecule has 2 aliphatic rings. The van der Waals surface area contributed by atoms with Crippen molar-refractivity contribution in [1.29, 1.82) is 0 Å². The zero-order chi connectivity index (χ0) is 34.2. The highest BCUT2D eigenvalue weighted by Crippen LogP contribution is 2.38. The van der Waals surface area contributed by atoms with E-state index < -0.39 is 26.7 Å². The van der Waals surface area contributed by atoms with Crippen LogP contribution in [0, 0.1) is 23.2 Å². The smallest absolute Gasteiger partial charge is 0.339 e. The summed E-state index contributed by atoms with van der Waals surface area (Å²) in [5.41, 5.74) is 0.145. The standard InChI is InChI=1S/C41H58O5Si/c1-30(2)34-23-22-31(3)28-37(34)45-38-29-35(39(43)46-38)36(42)24-26-41(7,8)25-16-11-17-27-44-47(40(4,5)6,32-18-12-9-13-19-32)33-20-14-10-15-21-33/h9-21,25,29-31,34,36-38,42H,22-24,26-28H2,1-8H3/b17-11+,25-16+/t31-,34+,36+,37-,38-/m0/s1. The minimum absolute atomic E-state index is 0.0655. The number of carbonyl (C=O) groups is 1. The minimum Gasteiger partial charge on any atom is -0.428 e. The fourth-order valence-corrected chi connectivity index (χ4v) is 11.8. The SMILES string of the molecule is CC(C)[C@H]1CC[C@H](C)C[C@@H]1O[C@@H]1C=C([C@H](O)CCC(C)(C)/C=C/C=C/CO[Si](c2ccccc2)(c2ccccc2)C(C)(C)C)C(=O)O1. The predicted octanol–water partition coefficient (Wildman–Crippen LogP) is 8.13. The molecule has 1 heterocycles. The molecule has 6 heteroatoms. The molecule has 5 atom stereocenters. The highest BCUT2D eigenvalue weighted by atomic mass is 28.4. The van der Waals surface area contributed by atoms with Crippen LogP contribution in [0.4, 0.5) is 0 Å². The van der Waals surface area contributed by atoms with Crippen LogP contribution in [0.5, 0.6) is 0 Å². The van der Waals surface area contributed by atoms with Crippen LogP contribution >= 0.6 is 0 Å². The average molecular weight is 659 g/mol. The lowest BCUT2D eigenvalue weighted by Gasteiger charge is -2.42. The highest BCUT2D eigenvalue weighted by Gasteiger charge is 2.50. The second kappa shape index (κ2) is 16.1. The molecule has 0 unspecified atom stereocenters. The summed E-state index contributed by atoms with van der Waals surface area (Å²) >= 11 is 0. The fourth-order valence-electron chi connectivity index (χ4n) is 7.31. The number of benzene rings is 2. The third-order valence-corrected chi connectivity index (χ3v) is 15.1. The number of aliphatic hydroxyl groups is 1. The van der Waals surface area contributed by atoms with Gasteiger partial charge in [-0.25, -0.2) is 4.79 Å². The molecule has 0 aromatic heterocycles. The van der Waals surface area contributed by atoms with Gasteiger partial charge >= 0.3 is 5.97 Å². The Hall–Kier alpha value is -2.77. The van der Waals surface area contributed by atoms with E-state index in [1.807, 2.05) is 6.08 Å². The molecule has 1 N–H and O–H groups in total. The van der Waals surface area contributed by atoms with Gasteiger partial charge in [-0.3, -0.25) is 0 Å². The molecule has 0 radical (unpaired) electrons. The van der Waals surface area contributed by atoms with Crippen molar-refractivity contribution < 1.29 is 23.8 Å². The summed E-state index contributed by atoms with van der Waals surface area (Å²) in [7, 11) is -2.57. The Morgan fingerprint density at radius 1 is 0.957 bits per heavy atom. The van der Waals surface area contributed by atoms with Crippen LogP contribution in [-0.2, 0) is 18.7 Å². The van der Waals surface area contributed by atoms with E-state index in [0.717, 1.165) is 12.8 Å². The van der Waals surface area contributed by atoms with Crippen molar-refractivity contribution in [2.45, 2.75) is 111 Å². The van der Waals surface area contributed by atoms with Crippen LogP contribution < -0.4 is 10.4 Å². The lowest BCUT2D eigenvalue weighted by Crippen LogP contribution is -2.66. The Labute approximate surface area is 285 Å². The monoisotopic (exact) mass is 658 g/mol. The summed E-state index contributed by atoms with van der Waals surface area (Å²) < 4.78 is 18.8. The summed E-state index contributed by atoms with van der Waals surface area (Å²) in [6.07, 6.45) is 13.0. The van der Waals surface area contributed by atoms with E-state index >= 15 is 0 Å². The van der Waals surface area contributed by atoms with Gasteiger partial charge in [-0.15, -0.1) is 0 Å². The van der Waals surface area contributed by atoms with Gasteiger partial charge in [0.25, 0.3) is 8.32 Å². The van der Waals surface area contributed by atoms with Gasteiger partial charge in [-0.1, -0.05) is 147 Å². The molecule has 1 aliphatic carbocycles. The van der Waals surface area contributed by atoms with E-state index in [1.165, 1.54) is 16.8 Å². The molecule has 0 amide bonds. The molecule has 5 nitrogen and oxygen atoms in total. The van der Waals surface area contributed by atoms with E-state index in [0.29, 0.717) is 42.8 Å². The molecule has 1 saturated carbocycles. The molecule has 0 spiro atoms. The maximum atomic E-state index is 12.7. The topological polar surface area (TPSA) is 65.0 Å². The second-order valence-electron chi connectivity index (χ2n) is 15.7. The molecule has 0 bridgehead atoms. The molecule has 256 valence electrons. The van der Waals surface area contributed by atoms with Crippen molar-refractivity contribution >= 4 is 24.7 Å². The Bertz CT molecular complexity index is 1330. The van der Waals surface area contributed by atoms with Gasteiger partial charge in [0, 0.05) is 0 Å². The normalized spacial score (nSPS) is 23.4. The first-order chi connectivity index (χ1) is 22.2. The minimum atomic E-state index is -2.57. The Morgan fingerprint density at radius 2 is 1.57 bits per heavy atom. The van der Waals surface area contributed by atoms with Crippen molar-refractivity contribution in [3.05, 3.63) is 96.6 Å². The lowest BCUT2D eigenvalue weighted by atomic mass is 9.75. The number of hydrogen-bond donors (Lipinski definition) is 1.